The summed E-state index contributed by atoms with van der Waals surface area (Å²) >= 11 is 0. The van der Waals surface area contributed by atoms with Crippen LogP contribution in [-0.4, -0.2) is 46.4 Å². The van der Waals surface area contributed by atoms with Gasteiger partial charge in [-0.05, 0) is 76.3 Å². The molecule has 7 nitrogen and oxygen atoms in total. The Morgan fingerprint density at radius 1 is 1.00 bits per heavy atom. The van der Waals surface area contributed by atoms with E-state index >= 15 is 0 Å². The van der Waals surface area contributed by atoms with Crippen molar-refractivity contribution in [2.45, 2.75) is 94.6 Å². The van der Waals surface area contributed by atoms with E-state index in [4.69, 9.17) is 10.5 Å². The minimum absolute atomic E-state index is 0.111. The Bertz CT molecular complexity index is 686. The van der Waals surface area contributed by atoms with Crippen molar-refractivity contribution in [3.05, 3.63) is 17.7 Å². The number of anilines is 2. The average molecular weight is 389 g/mol. The van der Waals surface area contributed by atoms with E-state index in [-0.39, 0.29) is 12.1 Å². The first-order valence-electron chi connectivity index (χ1n) is 10.7. The second-order valence-electron chi connectivity index (χ2n) is 8.57. The van der Waals surface area contributed by atoms with Gasteiger partial charge in [0.1, 0.15) is 11.6 Å². The Hall–Kier alpha value is -1.86. The Kier molecular flexibility index (Phi) is 6.01. The van der Waals surface area contributed by atoms with Gasteiger partial charge in [-0.2, -0.15) is 0 Å². The number of carbonyl (C=O) groups excluding carboxylic acids is 1. The maximum atomic E-state index is 11.8. The number of pyridine rings is 1. The lowest BCUT2D eigenvalue weighted by Crippen LogP contribution is -2.32. The molecule has 1 aromatic heterocycles. The first-order valence-corrected chi connectivity index (χ1v) is 10.7. The third-order valence-electron chi connectivity index (χ3n) is 6.08. The Morgan fingerprint density at radius 2 is 1.71 bits per heavy atom. The summed E-state index contributed by atoms with van der Waals surface area (Å²) in [5.74, 6) is 0.786. The number of rotatable bonds is 7. The second kappa shape index (κ2) is 8.66. The highest BCUT2D eigenvalue weighted by Gasteiger charge is 2.29. The van der Waals surface area contributed by atoms with E-state index in [9.17, 15) is 9.90 Å². The van der Waals surface area contributed by atoms with Crippen LogP contribution < -0.4 is 16.4 Å². The van der Waals surface area contributed by atoms with Crippen LogP contribution in [0.5, 0.6) is 0 Å². The highest BCUT2D eigenvalue weighted by molar-refractivity contribution is 5.97. The number of aliphatic hydroxyl groups is 1. The maximum Gasteiger partial charge on any atom is 0.252 e. The molecular formula is C21H32N4O3. The average Bonchev–Trinajstić information content (AvgIpc) is 3.47. The van der Waals surface area contributed by atoms with Gasteiger partial charge in [-0.25, -0.2) is 4.98 Å². The molecule has 0 unspecified atom stereocenters. The number of hydrogen-bond donors (Lipinski definition) is 4. The van der Waals surface area contributed by atoms with Crippen molar-refractivity contribution < 1.29 is 14.6 Å². The quantitative estimate of drug-likeness (QED) is 0.572. The van der Waals surface area contributed by atoms with E-state index in [1.807, 2.05) is 6.07 Å². The molecule has 0 aliphatic heterocycles. The molecule has 0 aromatic carbocycles. The lowest BCUT2D eigenvalue weighted by Gasteiger charge is -2.30. The van der Waals surface area contributed by atoms with E-state index in [0.29, 0.717) is 36.1 Å². The minimum atomic E-state index is -0.490. The summed E-state index contributed by atoms with van der Waals surface area (Å²) in [7, 11) is 0. The molecule has 154 valence electrons. The maximum absolute atomic E-state index is 11.8. The van der Waals surface area contributed by atoms with Gasteiger partial charge in [-0.3, -0.25) is 4.79 Å². The molecule has 0 radical (unpaired) electrons. The molecule has 0 saturated heterocycles. The number of primary amides is 1. The van der Waals surface area contributed by atoms with Crippen LogP contribution in [0.4, 0.5) is 11.6 Å². The summed E-state index contributed by atoms with van der Waals surface area (Å²) < 4.78 is 6.03. The van der Waals surface area contributed by atoms with Crippen LogP contribution in [0.25, 0.3) is 0 Å². The van der Waals surface area contributed by atoms with Crippen LogP contribution >= 0.6 is 0 Å². The molecule has 0 bridgehead atoms. The molecule has 5 N–H and O–H groups in total. The van der Waals surface area contributed by atoms with Gasteiger partial charge in [-0.1, -0.05) is 0 Å². The number of ether oxygens (including phenoxy) is 1. The van der Waals surface area contributed by atoms with Gasteiger partial charge in [0, 0.05) is 12.1 Å². The van der Waals surface area contributed by atoms with Crippen molar-refractivity contribution in [3.63, 3.8) is 0 Å². The molecule has 4 rings (SSSR count). The lowest BCUT2D eigenvalue weighted by atomic mass is 9.92. The van der Waals surface area contributed by atoms with Gasteiger partial charge < -0.3 is 26.2 Å². The molecule has 2 atom stereocenters. The monoisotopic (exact) mass is 388 g/mol. The van der Waals surface area contributed by atoms with Crippen molar-refractivity contribution in [2.75, 3.05) is 10.6 Å². The van der Waals surface area contributed by atoms with Gasteiger partial charge in [0.15, 0.2) is 0 Å². The number of hydrogen-bond acceptors (Lipinski definition) is 6. The molecule has 7 heteroatoms. The van der Waals surface area contributed by atoms with Crippen molar-refractivity contribution in [3.8, 4) is 0 Å². The highest BCUT2D eigenvalue weighted by atomic mass is 16.5. The molecule has 3 saturated carbocycles. The van der Waals surface area contributed by atoms with Crippen LogP contribution in [0.1, 0.15) is 74.6 Å². The predicted molar refractivity (Wildman–Crippen MR) is 108 cm³/mol. The summed E-state index contributed by atoms with van der Waals surface area (Å²) in [6.07, 6.45) is 10.8. The second-order valence-corrected chi connectivity index (χ2v) is 8.57. The first kappa shape index (κ1) is 19.5. The van der Waals surface area contributed by atoms with E-state index in [0.717, 1.165) is 50.8 Å². The molecule has 28 heavy (non-hydrogen) atoms. The largest absolute Gasteiger partial charge is 0.393 e. The molecular weight excluding hydrogens is 356 g/mol. The van der Waals surface area contributed by atoms with Crippen molar-refractivity contribution in [1.29, 1.82) is 0 Å². The SMILES string of the molecule is NC(=O)c1ccc(NC2CCC(OC3CC3)CC2)nc1N[C@@H]1CCC[C@H](O)C1. The van der Waals surface area contributed by atoms with E-state index in [1.165, 1.54) is 12.8 Å². The highest BCUT2D eigenvalue weighted by Crippen LogP contribution is 2.31. The Labute approximate surface area is 166 Å². The fraction of sp³-hybridized carbons (Fsp3) is 0.714. The normalized spacial score (nSPS) is 30.6. The number of aromatic nitrogens is 1. The Balaban J connectivity index is 1.37. The number of aliphatic hydroxyl groups excluding tert-OH is 1. The van der Waals surface area contributed by atoms with E-state index < -0.39 is 5.91 Å². The third kappa shape index (κ3) is 5.14. The zero-order chi connectivity index (χ0) is 19.5. The fourth-order valence-corrected chi connectivity index (χ4v) is 4.37. The predicted octanol–water partition coefficient (Wildman–Crippen LogP) is 2.80. The number of amides is 1. The number of carbonyl (C=O) groups is 1. The number of nitrogens with one attached hydrogen (secondary N) is 2. The molecule has 1 aromatic rings. The van der Waals surface area contributed by atoms with Crippen LogP contribution in [0.3, 0.4) is 0 Å². The van der Waals surface area contributed by atoms with E-state index in [2.05, 4.69) is 15.6 Å². The molecule has 1 amide bonds. The number of nitrogens with zero attached hydrogens (tertiary/aromatic N) is 1. The molecule has 3 fully saturated rings. The molecule has 1 heterocycles. The summed E-state index contributed by atoms with van der Waals surface area (Å²) in [5, 5.41) is 16.8. The zero-order valence-corrected chi connectivity index (χ0v) is 16.4. The van der Waals surface area contributed by atoms with Gasteiger partial charge in [0.2, 0.25) is 0 Å². The molecule has 3 aliphatic rings. The minimum Gasteiger partial charge on any atom is -0.393 e. The Morgan fingerprint density at radius 3 is 2.36 bits per heavy atom. The van der Waals surface area contributed by atoms with Gasteiger partial charge in [0.05, 0.1) is 23.9 Å². The van der Waals surface area contributed by atoms with Crippen LogP contribution in [0.2, 0.25) is 0 Å². The molecule has 3 aliphatic carbocycles. The van der Waals surface area contributed by atoms with Gasteiger partial charge >= 0.3 is 0 Å². The summed E-state index contributed by atoms with van der Waals surface area (Å²) in [5.41, 5.74) is 5.93. The van der Waals surface area contributed by atoms with Crippen molar-refractivity contribution in [2.24, 2.45) is 5.73 Å². The van der Waals surface area contributed by atoms with Gasteiger partial charge in [0.25, 0.3) is 5.91 Å². The smallest absolute Gasteiger partial charge is 0.252 e. The third-order valence-corrected chi connectivity index (χ3v) is 6.08. The van der Waals surface area contributed by atoms with E-state index in [1.54, 1.807) is 6.07 Å². The summed E-state index contributed by atoms with van der Waals surface area (Å²) in [4.78, 5) is 16.5. The summed E-state index contributed by atoms with van der Waals surface area (Å²) in [6.45, 7) is 0. The standard InChI is InChI=1S/C21H32N4O3/c22-20(27)18-10-11-19(25-21(18)24-14-2-1-3-15(26)12-14)23-13-4-6-16(7-5-13)28-17-8-9-17/h10-11,13-17,26H,1-9,12H2,(H2,22,27)(H2,23,24,25)/t13?,14-,15+,16?/m1/s1. The van der Waals surface area contributed by atoms with Crippen LogP contribution in [-0.2, 0) is 4.74 Å². The van der Waals surface area contributed by atoms with Crippen LogP contribution in [0, 0.1) is 0 Å². The number of nitrogens with two attached hydrogens (primary N) is 1. The topological polar surface area (TPSA) is 110 Å². The fourth-order valence-electron chi connectivity index (χ4n) is 4.37. The van der Waals surface area contributed by atoms with Crippen LogP contribution in [0.15, 0.2) is 12.1 Å². The first-order chi connectivity index (χ1) is 13.6. The van der Waals surface area contributed by atoms with Crippen molar-refractivity contribution >= 4 is 17.5 Å². The van der Waals surface area contributed by atoms with Gasteiger partial charge in [-0.15, -0.1) is 0 Å². The zero-order valence-electron chi connectivity index (χ0n) is 16.4. The lowest BCUT2D eigenvalue weighted by molar-refractivity contribution is 0.0146. The summed E-state index contributed by atoms with van der Waals surface area (Å²) in [6, 6.07) is 4.05. The van der Waals surface area contributed by atoms with Crippen molar-refractivity contribution in [1.82, 2.24) is 4.98 Å². The molecule has 0 spiro atoms.